The minimum atomic E-state index is -0.521. The van der Waals surface area contributed by atoms with Gasteiger partial charge in [-0.05, 0) is 6.42 Å². The zero-order chi connectivity index (χ0) is 13.7. The number of aromatic hydroxyl groups is 1. The standard InChI is InChI=1S/C11H13N5O3/c17-9-4-7(5-10(18)15-9)11(19)12-3-1-2-8-13-6-14-16-8/h4-6H,1-3H2,(H,12,19)(H,13,14,16)(H2,15,17,18). The van der Waals surface area contributed by atoms with Crippen LogP contribution < -0.4 is 10.9 Å². The summed E-state index contributed by atoms with van der Waals surface area (Å²) in [5.41, 5.74) is -0.396. The summed E-state index contributed by atoms with van der Waals surface area (Å²) in [6, 6.07) is 2.33. The summed E-state index contributed by atoms with van der Waals surface area (Å²) in [7, 11) is 0. The van der Waals surface area contributed by atoms with Crippen LogP contribution in [0.4, 0.5) is 0 Å². The van der Waals surface area contributed by atoms with Gasteiger partial charge in [-0.1, -0.05) is 0 Å². The van der Waals surface area contributed by atoms with Gasteiger partial charge in [0.25, 0.3) is 11.5 Å². The summed E-state index contributed by atoms with van der Waals surface area (Å²) < 4.78 is 0. The number of amides is 1. The molecule has 0 aliphatic carbocycles. The van der Waals surface area contributed by atoms with Crippen LogP contribution in [0.25, 0.3) is 0 Å². The van der Waals surface area contributed by atoms with Gasteiger partial charge in [-0.3, -0.25) is 19.7 Å². The Kier molecular flexibility index (Phi) is 3.91. The lowest BCUT2D eigenvalue weighted by molar-refractivity contribution is 0.0952. The van der Waals surface area contributed by atoms with Crippen molar-refractivity contribution in [1.82, 2.24) is 25.5 Å². The molecule has 8 nitrogen and oxygen atoms in total. The quantitative estimate of drug-likeness (QED) is 0.544. The Morgan fingerprint density at radius 1 is 1.42 bits per heavy atom. The van der Waals surface area contributed by atoms with Gasteiger partial charge in [0.15, 0.2) is 5.88 Å². The van der Waals surface area contributed by atoms with Crippen LogP contribution in [0.2, 0.25) is 0 Å². The fourth-order valence-corrected chi connectivity index (χ4v) is 1.57. The molecule has 2 rings (SSSR count). The number of rotatable bonds is 5. The second-order valence-electron chi connectivity index (χ2n) is 3.91. The second-order valence-corrected chi connectivity index (χ2v) is 3.91. The number of nitrogens with zero attached hydrogens (tertiary/aromatic N) is 2. The van der Waals surface area contributed by atoms with Crippen molar-refractivity contribution in [3.8, 4) is 5.88 Å². The van der Waals surface area contributed by atoms with E-state index in [2.05, 4.69) is 25.5 Å². The number of carbonyl (C=O) groups excluding carboxylic acids is 1. The van der Waals surface area contributed by atoms with E-state index >= 15 is 0 Å². The van der Waals surface area contributed by atoms with Crippen molar-refractivity contribution in [2.24, 2.45) is 0 Å². The summed E-state index contributed by atoms with van der Waals surface area (Å²) in [5, 5.41) is 18.3. The van der Waals surface area contributed by atoms with Gasteiger partial charge in [-0.15, -0.1) is 0 Å². The average Bonchev–Trinajstić information content (AvgIpc) is 2.86. The van der Waals surface area contributed by atoms with Gasteiger partial charge in [0, 0.05) is 25.1 Å². The number of hydrogen-bond acceptors (Lipinski definition) is 5. The molecule has 4 N–H and O–H groups in total. The molecule has 0 aliphatic heterocycles. The van der Waals surface area contributed by atoms with Crippen molar-refractivity contribution in [2.45, 2.75) is 12.8 Å². The molecule has 0 aromatic carbocycles. The molecular formula is C11H13N5O3. The van der Waals surface area contributed by atoms with E-state index in [4.69, 9.17) is 0 Å². The monoisotopic (exact) mass is 263 g/mol. The lowest BCUT2D eigenvalue weighted by Crippen LogP contribution is -2.26. The topological polar surface area (TPSA) is 124 Å². The van der Waals surface area contributed by atoms with Gasteiger partial charge in [0.1, 0.15) is 12.2 Å². The third-order valence-electron chi connectivity index (χ3n) is 2.43. The number of aromatic amines is 2. The van der Waals surface area contributed by atoms with E-state index in [0.29, 0.717) is 19.4 Å². The molecule has 2 aromatic rings. The van der Waals surface area contributed by atoms with Crippen molar-refractivity contribution in [1.29, 1.82) is 0 Å². The van der Waals surface area contributed by atoms with Crippen molar-refractivity contribution >= 4 is 5.91 Å². The third-order valence-corrected chi connectivity index (χ3v) is 2.43. The van der Waals surface area contributed by atoms with Gasteiger partial charge in [0.2, 0.25) is 0 Å². The maximum Gasteiger partial charge on any atom is 0.251 e. The fraction of sp³-hybridized carbons (Fsp3) is 0.273. The first-order valence-corrected chi connectivity index (χ1v) is 5.71. The molecule has 0 unspecified atom stereocenters. The molecule has 0 fully saturated rings. The molecule has 8 heteroatoms. The molecule has 0 aliphatic rings. The summed E-state index contributed by atoms with van der Waals surface area (Å²) in [4.78, 5) is 28.9. The molecule has 19 heavy (non-hydrogen) atoms. The van der Waals surface area contributed by atoms with Crippen LogP contribution in [-0.4, -0.2) is 37.7 Å². The van der Waals surface area contributed by atoms with E-state index in [1.807, 2.05) is 0 Å². The summed E-state index contributed by atoms with van der Waals surface area (Å²) in [5.74, 6) is 0.0151. The Balaban J connectivity index is 1.82. The molecule has 2 aromatic heterocycles. The van der Waals surface area contributed by atoms with Crippen molar-refractivity contribution in [3.05, 3.63) is 40.2 Å². The smallest absolute Gasteiger partial charge is 0.251 e. The number of aryl methyl sites for hydroxylation is 1. The van der Waals surface area contributed by atoms with Crippen molar-refractivity contribution in [2.75, 3.05) is 6.54 Å². The first kappa shape index (κ1) is 12.8. The van der Waals surface area contributed by atoms with Crippen molar-refractivity contribution in [3.63, 3.8) is 0 Å². The number of aromatic nitrogens is 4. The molecule has 0 spiro atoms. The van der Waals surface area contributed by atoms with Crippen molar-refractivity contribution < 1.29 is 9.90 Å². The van der Waals surface area contributed by atoms with Crippen LogP contribution in [0.1, 0.15) is 22.6 Å². The van der Waals surface area contributed by atoms with Gasteiger partial charge in [-0.2, -0.15) is 5.10 Å². The number of H-pyrrole nitrogens is 2. The van der Waals surface area contributed by atoms with Crippen LogP contribution in [0.3, 0.4) is 0 Å². The maximum absolute atomic E-state index is 11.7. The first-order valence-electron chi connectivity index (χ1n) is 5.71. The third kappa shape index (κ3) is 3.66. The molecule has 2 heterocycles. The number of nitrogens with one attached hydrogen (secondary N) is 3. The van der Waals surface area contributed by atoms with Gasteiger partial charge < -0.3 is 10.4 Å². The van der Waals surface area contributed by atoms with Crippen LogP contribution in [0, 0.1) is 0 Å². The minimum Gasteiger partial charge on any atom is -0.494 e. The lowest BCUT2D eigenvalue weighted by atomic mass is 10.2. The minimum absolute atomic E-state index is 0.126. The number of carbonyl (C=O) groups is 1. The SMILES string of the molecule is O=C(NCCCc1ncn[nH]1)c1cc(O)[nH]c(=O)c1. The maximum atomic E-state index is 11.7. The fourth-order valence-electron chi connectivity index (χ4n) is 1.57. The predicted octanol–water partition coefficient (Wildman–Crippen LogP) is -0.439. The van der Waals surface area contributed by atoms with E-state index in [1.165, 1.54) is 12.4 Å². The van der Waals surface area contributed by atoms with Crippen LogP contribution in [0.5, 0.6) is 5.88 Å². The first-order chi connectivity index (χ1) is 9.15. The second kappa shape index (κ2) is 5.80. The van der Waals surface area contributed by atoms with E-state index in [1.54, 1.807) is 0 Å². The zero-order valence-corrected chi connectivity index (χ0v) is 10.0. The van der Waals surface area contributed by atoms with Crippen LogP contribution in [0.15, 0.2) is 23.3 Å². The highest BCUT2D eigenvalue weighted by molar-refractivity contribution is 5.94. The molecule has 100 valence electrons. The highest BCUT2D eigenvalue weighted by atomic mass is 16.3. The Morgan fingerprint density at radius 3 is 2.95 bits per heavy atom. The van der Waals surface area contributed by atoms with Crippen LogP contribution in [-0.2, 0) is 6.42 Å². The number of hydrogen-bond donors (Lipinski definition) is 4. The van der Waals surface area contributed by atoms with Gasteiger partial charge in [-0.25, -0.2) is 4.98 Å². The highest BCUT2D eigenvalue weighted by Gasteiger charge is 2.07. The molecular weight excluding hydrogens is 250 g/mol. The molecule has 0 atom stereocenters. The Labute approximate surface area is 107 Å². The summed E-state index contributed by atoms with van der Waals surface area (Å²) in [6.07, 6.45) is 2.78. The summed E-state index contributed by atoms with van der Waals surface area (Å²) in [6.45, 7) is 0.438. The van der Waals surface area contributed by atoms with Gasteiger partial charge >= 0.3 is 0 Å². The molecule has 0 bridgehead atoms. The highest BCUT2D eigenvalue weighted by Crippen LogP contribution is 2.03. The summed E-state index contributed by atoms with van der Waals surface area (Å²) >= 11 is 0. The molecule has 1 amide bonds. The Morgan fingerprint density at radius 2 is 2.26 bits per heavy atom. The molecule has 0 saturated heterocycles. The van der Waals surface area contributed by atoms with E-state index in [-0.39, 0.29) is 11.4 Å². The average molecular weight is 263 g/mol. The van der Waals surface area contributed by atoms with E-state index in [0.717, 1.165) is 11.9 Å². The normalized spacial score (nSPS) is 10.3. The lowest BCUT2D eigenvalue weighted by Gasteiger charge is -2.04. The number of pyridine rings is 1. The van der Waals surface area contributed by atoms with Crippen LogP contribution >= 0.6 is 0 Å². The zero-order valence-electron chi connectivity index (χ0n) is 10.0. The van der Waals surface area contributed by atoms with E-state index in [9.17, 15) is 14.7 Å². The largest absolute Gasteiger partial charge is 0.494 e. The van der Waals surface area contributed by atoms with Gasteiger partial charge in [0.05, 0.1) is 5.56 Å². The Bertz CT molecular complexity index is 605. The van der Waals surface area contributed by atoms with E-state index < -0.39 is 11.5 Å². The predicted molar refractivity (Wildman–Crippen MR) is 65.8 cm³/mol. The molecule has 0 saturated carbocycles. The molecule has 0 radical (unpaired) electrons. The Hall–Kier alpha value is -2.64.